The van der Waals surface area contributed by atoms with Crippen LogP contribution in [0.5, 0.6) is 0 Å². The molecule has 1 atom stereocenters. The standard InChI is InChI=1S/C11H23NO3/c1-8(2)7-14-12-9(3)10(13)15-11(4,5)6/h8-9,12H,7H2,1-6H3. The molecule has 0 radical (unpaired) electrons. The number of rotatable bonds is 5. The second-order valence-electron chi connectivity index (χ2n) is 5.08. The third kappa shape index (κ3) is 8.39. The maximum Gasteiger partial charge on any atom is 0.325 e. The summed E-state index contributed by atoms with van der Waals surface area (Å²) in [6.07, 6.45) is 0. The van der Waals surface area contributed by atoms with Gasteiger partial charge in [-0.3, -0.25) is 4.79 Å². The van der Waals surface area contributed by atoms with E-state index >= 15 is 0 Å². The minimum atomic E-state index is -0.453. The molecule has 0 bridgehead atoms. The molecule has 0 heterocycles. The lowest BCUT2D eigenvalue weighted by Crippen LogP contribution is -2.39. The molecule has 0 rings (SSSR count). The van der Waals surface area contributed by atoms with Crippen molar-refractivity contribution in [2.45, 2.75) is 53.2 Å². The van der Waals surface area contributed by atoms with Crippen molar-refractivity contribution < 1.29 is 14.4 Å². The number of esters is 1. The molecule has 90 valence electrons. The van der Waals surface area contributed by atoms with Crippen LogP contribution in [-0.4, -0.2) is 24.2 Å². The van der Waals surface area contributed by atoms with E-state index in [1.165, 1.54) is 0 Å². The zero-order chi connectivity index (χ0) is 12.1. The van der Waals surface area contributed by atoms with E-state index in [0.717, 1.165) is 0 Å². The summed E-state index contributed by atoms with van der Waals surface area (Å²) in [6, 6.07) is -0.442. The van der Waals surface area contributed by atoms with Gasteiger partial charge in [-0.2, -0.15) is 5.48 Å². The molecule has 15 heavy (non-hydrogen) atoms. The monoisotopic (exact) mass is 217 g/mol. The van der Waals surface area contributed by atoms with Gasteiger partial charge in [-0.05, 0) is 33.6 Å². The molecular weight excluding hydrogens is 194 g/mol. The lowest BCUT2D eigenvalue weighted by molar-refractivity contribution is -0.161. The number of nitrogens with one attached hydrogen (secondary N) is 1. The summed E-state index contributed by atoms with van der Waals surface area (Å²) in [4.78, 5) is 16.6. The summed E-state index contributed by atoms with van der Waals surface area (Å²) in [5.41, 5.74) is 2.21. The van der Waals surface area contributed by atoms with Crippen molar-refractivity contribution in [2.75, 3.05) is 6.61 Å². The third-order valence-corrected chi connectivity index (χ3v) is 1.44. The topological polar surface area (TPSA) is 47.6 Å². The molecule has 0 aromatic carbocycles. The molecule has 0 saturated carbocycles. The van der Waals surface area contributed by atoms with Crippen LogP contribution in [0.3, 0.4) is 0 Å². The summed E-state index contributed by atoms with van der Waals surface area (Å²) in [6.45, 7) is 11.9. The molecule has 0 aliphatic heterocycles. The van der Waals surface area contributed by atoms with Gasteiger partial charge >= 0.3 is 5.97 Å². The summed E-state index contributed by atoms with van der Waals surface area (Å²) in [7, 11) is 0. The molecular formula is C11H23NO3. The highest BCUT2D eigenvalue weighted by molar-refractivity contribution is 5.75. The van der Waals surface area contributed by atoms with Crippen molar-refractivity contribution in [3.05, 3.63) is 0 Å². The molecule has 4 nitrogen and oxygen atoms in total. The number of hydrogen-bond donors (Lipinski definition) is 1. The van der Waals surface area contributed by atoms with E-state index < -0.39 is 11.6 Å². The third-order valence-electron chi connectivity index (χ3n) is 1.44. The molecule has 0 aromatic rings. The fourth-order valence-electron chi connectivity index (χ4n) is 0.778. The van der Waals surface area contributed by atoms with Gasteiger partial charge < -0.3 is 9.57 Å². The minimum absolute atomic E-state index is 0.300. The lowest BCUT2D eigenvalue weighted by Gasteiger charge is -2.22. The summed E-state index contributed by atoms with van der Waals surface area (Å²) >= 11 is 0. The number of hydrogen-bond acceptors (Lipinski definition) is 4. The second-order valence-corrected chi connectivity index (χ2v) is 5.08. The molecule has 0 aliphatic rings. The van der Waals surface area contributed by atoms with Gasteiger partial charge in [0.2, 0.25) is 0 Å². The fraction of sp³-hybridized carbons (Fsp3) is 0.909. The van der Waals surface area contributed by atoms with E-state index in [1.54, 1.807) is 6.92 Å². The highest BCUT2D eigenvalue weighted by Gasteiger charge is 2.21. The van der Waals surface area contributed by atoms with Gasteiger partial charge in [0.15, 0.2) is 0 Å². The first-order valence-electron chi connectivity index (χ1n) is 5.32. The molecule has 0 saturated heterocycles. The van der Waals surface area contributed by atoms with Gasteiger partial charge in [-0.15, -0.1) is 0 Å². The Bertz CT molecular complexity index is 196. The average molecular weight is 217 g/mol. The molecule has 1 unspecified atom stereocenters. The Balaban J connectivity index is 3.80. The number of carbonyl (C=O) groups excluding carboxylic acids is 1. The molecule has 0 amide bonds. The first kappa shape index (κ1) is 14.4. The van der Waals surface area contributed by atoms with E-state index in [9.17, 15) is 4.79 Å². The highest BCUT2D eigenvalue weighted by Crippen LogP contribution is 2.08. The Hall–Kier alpha value is -0.610. The smallest absolute Gasteiger partial charge is 0.325 e. The van der Waals surface area contributed by atoms with Crippen LogP contribution in [0.25, 0.3) is 0 Å². The van der Waals surface area contributed by atoms with E-state index in [0.29, 0.717) is 12.5 Å². The van der Waals surface area contributed by atoms with Gasteiger partial charge in [0, 0.05) is 0 Å². The zero-order valence-corrected chi connectivity index (χ0v) is 10.6. The van der Waals surface area contributed by atoms with Crippen LogP contribution in [0.4, 0.5) is 0 Å². The first-order valence-corrected chi connectivity index (χ1v) is 5.32. The summed E-state index contributed by atoms with van der Waals surface area (Å²) in [5, 5.41) is 0. The van der Waals surface area contributed by atoms with Crippen LogP contribution < -0.4 is 5.48 Å². The first-order chi connectivity index (χ1) is 6.72. The Kier molecular flexibility index (Phi) is 5.83. The van der Waals surface area contributed by atoms with Crippen LogP contribution in [-0.2, 0) is 14.4 Å². The maximum absolute atomic E-state index is 11.5. The van der Waals surface area contributed by atoms with Crippen LogP contribution in [0, 0.1) is 5.92 Å². The molecule has 0 fully saturated rings. The molecule has 0 aliphatic carbocycles. The Morgan fingerprint density at radius 3 is 2.20 bits per heavy atom. The molecule has 0 aromatic heterocycles. The Morgan fingerprint density at radius 2 is 1.80 bits per heavy atom. The van der Waals surface area contributed by atoms with Crippen LogP contribution in [0.2, 0.25) is 0 Å². The summed E-state index contributed by atoms with van der Waals surface area (Å²) in [5.74, 6) is 0.134. The highest BCUT2D eigenvalue weighted by atomic mass is 16.7. The predicted octanol–water partition coefficient (Wildman–Crippen LogP) is 1.89. The van der Waals surface area contributed by atoms with Crippen molar-refractivity contribution in [1.29, 1.82) is 0 Å². The van der Waals surface area contributed by atoms with Crippen molar-refractivity contribution in [2.24, 2.45) is 5.92 Å². The average Bonchev–Trinajstić information content (AvgIpc) is 1.99. The van der Waals surface area contributed by atoms with E-state index in [2.05, 4.69) is 5.48 Å². The zero-order valence-electron chi connectivity index (χ0n) is 10.6. The predicted molar refractivity (Wildman–Crippen MR) is 59.2 cm³/mol. The van der Waals surface area contributed by atoms with Gasteiger partial charge in [-0.1, -0.05) is 13.8 Å². The van der Waals surface area contributed by atoms with Gasteiger partial charge in [-0.25, -0.2) is 0 Å². The fourth-order valence-corrected chi connectivity index (χ4v) is 0.778. The quantitative estimate of drug-likeness (QED) is 0.564. The van der Waals surface area contributed by atoms with Gasteiger partial charge in [0.25, 0.3) is 0 Å². The minimum Gasteiger partial charge on any atom is -0.459 e. The molecule has 4 heteroatoms. The van der Waals surface area contributed by atoms with Gasteiger partial charge in [0.1, 0.15) is 11.6 Å². The summed E-state index contributed by atoms with van der Waals surface area (Å²) < 4.78 is 5.18. The number of hydroxylamine groups is 1. The van der Waals surface area contributed by atoms with Crippen LogP contribution in [0.15, 0.2) is 0 Å². The normalized spacial score (nSPS) is 14.1. The second kappa shape index (κ2) is 6.08. The van der Waals surface area contributed by atoms with Crippen LogP contribution >= 0.6 is 0 Å². The van der Waals surface area contributed by atoms with E-state index in [1.807, 2.05) is 34.6 Å². The number of carbonyl (C=O) groups is 1. The van der Waals surface area contributed by atoms with Crippen molar-refractivity contribution in [3.8, 4) is 0 Å². The lowest BCUT2D eigenvalue weighted by atomic mass is 10.2. The van der Waals surface area contributed by atoms with Crippen molar-refractivity contribution >= 4 is 5.97 Å². The largest absolute Gasteiger partial charge is 0.459 e. The number of ether oxygens (including phenoxy) is 1. The maximum atomic E-state index is 11.5. The van der Waals surface area contributed by atoms with Crippen molar-refractivity contribution in [1.82, 2.24) is 5.48 Å². The Labute approximate surface area is 92.3 Å². The SMILES string of the molecule is CC(C)CONC(C)C(=O)OC(C)(C)C. The Morgan fingerprint density at radius 1 is 1.27 bits per heavy atom. The van der Waals surface area contributed by atoms with Crippen molar-refractivity contribution in [3.63, 3.8) is 0 Å². The van der Waals surface area contributed by atoms with E-state index in [4.69, 9.17) is 9.57 Å². The van der Waals surface area contributed by atoms with E-state index in [-0.39, 0.29) is 5.97 Å². The van der Waals surface area contributed by atoms with Crippen LogP contribution in [0.1, 0.15) is 41.5 Å². The van der Waals surface area contributed by atoms with Gasteiger partial charge in [0.05, 0.1) is 6.61 Å². The molecule has 1 N–H and O–H groups in total. The molecule has 0 spiro atoms.